The molecule has 2 amide bonds. The fourth-order valence-corrected chi connectivity index (χ4v) is 4.87. The smallest absolute Gasteiger partial charge is 0.278 e. The molecule has 1 unspecified atom stereocenters. The van der Waals surface area contributed by atoms with Gasteiger partial charge in [0.05, 0.1) is 10.6 Å². The lowest BCUT2D eigenvalue weighted by Gasteiger charge is -2.33. The summed E-state index contributed by atoms with van der Waals surface area (Å²) >= 11 is 0. The fraction of sp³-hybridized carbons (Fsp3) is 0.300. The van der Waals surface area contributed by atoms with Crippen molar-refractivity contribution in [2.45, 2.75) is 30.3 Å². The van der Waals surface area contributed by atoms with Crippen molar-refractivity contribution in [3.05, 3.63) is 48.5 Å². The second-order valence-corrected chi connectivity index (χ2v) is 9.11. The van der Waals surface area contributed by atoms with Crippen LogP contribution in [0.1, 0.15) is 19.8 Å². The maximum absolute atomic E-state index is 12.8. The number of nitrogens with zero attached hydrogens (tertiary/aromatic N) is 1. The summed E-state index contributed by atoms with van der Waals surface area (Å²) < 4.78 is 32.3. The largest absolute Gasteiger partial charge is 0.466 e. The number of anilines is 2. The molecule has 1 atom stereocenters. The number of carbonyl (C=O) groups excluding carboxylic acids is 2. The van der Waals surface area contributed by atoms with E-state index in [1.807, 2.05) is 0 Å². The third kappa shape index (κ3) is 3.47. The molecule has 0 bridgehead atoms. The third-order valence-corrected chi connectivity index (χ3v) is 7.04. The molecule has 0 spiro atoms. The van der Waals surface area contributed by atoms with Gasteiger partial charge in [-0.05, 0) is 56.2 Å². The van der Waals surface area contributed by atoms with Gasteiger partial charge in [-0.2, -0.15) is 4.31 Å². The zero-order valence-electron chi connectivity index (χ0n) is 15.8. The molecule has 1 saturated heterocycles. The predicted octanol–water partition coefficient (Wildman–Crippen LogP) is 2.20. The van der Waals surface area contributed by atoms with Crippen molar-refractivity contribution in [1.82, 2.24) is 4.31 Å². The summed E-state index contributed by atoms with van der Waals surface area (Å²) in [6.07, 6.45) is 1.72. The predicted molar refractivity (Wildman–Crippen MR) is 107 cm³/mol. The van der Waals surface area contributed by atoms with Crippen molar-refractivity contribution in [2.75, 3.05) is 23.7 Å². The summed E-state index contributed by atoms with van der Waals surface area (Å²) in [6.45, 7) is 2.43. The van der Waals surface area contributed by atoms with E-state index in [-0.39, 0.29) is 4.90 Å². The summed E-state index contributed by atoms with van der Waals surface area (Å²) in [4.78, 5) is 25.4. The standard InChI is InChI=1S/C20H21N3O5S/c1-20(19(25)22-16-6-2-3-7-17(16)28-20)18(24)21-14-8-10-15(11-9-14)29(26,27)23-12-4-5-13-23/h2-3,6-11H,4-5,12-13H2,1H3,(H,21,24)(H,22,25). The van der Waals surface area contributed by atoms with Crippen LogP contribution in [0.5, 0.6) is 5.75 Å². The molecule has 2 aliphatic rings. The molecule has 0 aliphatic carbocycles. The Kier molecular flexibility index (Phi) is 4.79. The molecule has 0 aromatic heterocycles. The van der Waals surface area contributed by atoms with Crippen LogP contribution in [0.2, 0.25) is 0 Å². The van der Waals surface area contributed by atoms with Crippen LogP contribution < -0.4 is 15.4 Å². The number of fused-ring (bicyclic) bond motifs is 1. The van der Waals surface area contributed by atoms with Gasteiger partial charge in [-0.1, -0.05) is 12.1 Å². The van der Waals surface area contributed by atoms with Gasteiger partial charge in [0, 0.05) is 18.8 Å². The van der Waals surface area contributed by atoms with Gasteiger partial charge in [-0.3, -0.25) is 9.59 Å². The Bertz CT molecular complexity index is 1060. The number of rotatable bonds is 4. The minimum atomic E-state index is -3.53. The molecular weight excluding hydrogens is 394 g/mol. The van der Waals surface area contributed by atoms with Crippen molar-refractivity contribution in [3.63, 3.8) is 0 Å². The first-order valence-electron chi connectivity index (χ1n) is 9.32. The quantitative estimate of drug-likeness (QED) is 0.745. The number of carbonyl (C=O) groups is 2. The van der Waals surface area contributed by atoms with Crippen molar-refractivity contribution in [3.8, 4) is 5.75 Å². The Balaban J connectivity index is 1.51. The fourth-order valence-electron chi connectivity index (χ4n) is 3.35. The zero-order chi connectivity index (χ0) is 20.6. The second kappa shape index (κ2) is 7.16. The molecule has 2 heterocycles. The van der Waals surface area contributed by atoms with Crippen molar-refractivity contribution in [1.29, 1.82) is 0 Å². The molecule has 29 heavy (non-hydrogen) atoms. The average Bonchev–Trinajstić information content (AvgIpc) is 3.25. The van der Waals surface area contributed by atoms with E-state index in [4.69, 9.17) is 4.74 Å². The molecular formula is C20H21N3O5S. The Labute approximate surface area is 168 Å². The van der Waals surface area contributed by atoms with Crippen molar-refractivity contribution >= 4 is 33.2 Å². The van der Waals surface area contributed by atoms with Gasteiger partial charge in [-0.25, -0.2) is 8.42 Å². The van der Waals surface area contributed by atoms with E-state index in [0.717, 1.165) is 12.8 Å². The van der Waals surface area contributed by atoms with Gasteiger partial charge < -0.3 is 15.4 Å². The maximum Gasteiger partial charge on any atom is 0.278 e. The highest BCUT2D eigenvalue weighted by molar-refractivity contribution is 7.89. The summed E-state index contributed by atoms with van der Waals surface area (Å²) in [5, 5.41) is 5.30. The van der Waals surface area contributed by atoms with Crippen LogP contribution in [0.3, 0.4) is 0 Å². The van der Waals surface area contributed by atoms with Gasteiger partial charge in [0.2, 0.25) is 10.0 Å². The third-order valence-electron chi connectivity index (χ3n) is 5.13. The number of sulfonamides is 1. The highest BCUT2D eigenvalue weighted by Gasteiger charge is 2.47. The number of hydrogen-bond acceptors (Lipinski definition) is 5. The van der Waals surface area contributed by atoms with Crippen molar-refractivity contribution in [2.24, 2.45) is 0 Å². The Morgan fingerprint density at radius 3 is 2.45 bits per heavy atom. The molecule has 2 aliphatic heterocycles. The van der Waals surface area contributed by atoms with Crippen LogP contribution in [0.25, 0.3) is 0 Å². The highest BCUT2D eigenvalue weighted by atomic mass is 32.2. The zero-order valence-corrected chi connectivity index (χ0v) is 16.7. The van der Waals surface area contributed by atoms with Gasteiger partial charge in [0.25, 0.3) is 17.4 Å². The van der Waals surface area contributed by atoms with Crippen LogP contribution in [0.4, 0.5) is 11.4 Å². The molecule has 152 valence electrons. The van der Waals surface area contributed by atoms with E-state index in [2.05, 4.69) is 10.6 Å². The van der Waals surface area contributed by atoms with Gasteiger partial charge in [0.1, 0.15) is 5.75 Å². The molecule has 0 saturated carbocycles. The van der Waals surface area contributed by atoms with Gasteiger partial charge in [0.15, 0.2) is 0 Å². The second-order valence-electron chi connectivity index (χ2n) is 7.18. The van der Waals surface area contributed by atoms with E-state index < -0.39 is 27.4 Å². The summed E-state index contributed by atoms with van der Waals surface area (Å²) in [5.41, 5.74) is -0.889. The summed E-state index contributed by atoms with van der Waals surface area (Å²) in [5.74, 6) is -0.835. The summed E-state index contributed by atoms with van der Waals surface area (Å²) in [7, 11) is -3.53. The topological polar surface area (TPSA) is 105 Å². The molecule has 2 N–H and O–H groups in total. The lowest BCUT2D eigenvalue weighted by molar-refractivity contribution is -0.143. The minimum absolute atomic E-state index is 0.171. The molecule has 1 fully saturated rings. The molecule has 8 nitrogen and oxygen atoms in total. The Hall–Kier alpha value is -2.91. The first kappa shape index (κ1) is 19.4. The van der Waals surface area contributed by atoms with Crippen LogP contribution in [0, 0.1) is 0 Å². The van der Waals surface area contributed by atoms with Crippen LogP contribution in [-0.4, -0.2) is 43.2 Å². The Morgan fingerprint density at radius 1 is 1.10 bits per heavy atom. The Morgan fingerprint density at radius 2 is 1.76 bits per heavy atom. The normalized spacial score (nSPS) is 21.8. The number of hydrogen-bond donors (Lipinski definition) is 2. The molecule has 2 aromatic carbocycles. The SMILES string of the molecule is CC1(C(=O)Nc2ccc(S(=O)(=O)N3CCCC3)cc2)Oc2ccccc2NC1=O. The molecule has 4 rings (SSSR count). The number of benzene rings is 2. The van der Waals surface area contributed by atoms with E-state index in [1.165, 1.54) is 35.5 Å². The first-order valence-corrected chi connectivity index (χ1v) is 10.8. The highest BCUT2D eigenvalue weighted by Crippen LogP contribution is 2.34. The number of para-hydroxylation sites is 2. The molecule has 2 aromatic rings. The van der Waals surface area contributed by atoms with Crippen LogP contribution in [-0.2, 0) is 19.6 Å². The van der Waals surface area contributed by atoms with Gasteiger partial charge in [-0.15, -0.1) is 0 Å². The first-order chi connectivity index (χ1) is 13.8. The van der Waals surface area contributed by atoms with Crippen LogP contribution >= 0.6 is 0 Å². The van der Waals surface area contributed by atoms with E-state index in [0.29, 0.717) is 30.2 Å². The molecule has 0 radical (unpaired) electrons. The molecule has 9 heteroatoms. The van der Waals surface area contributed by atoms with Crippen LogP contribution in [0.15, 0.2) is 53.4 Å². The monoisotopic (exact) mass is 415 g/mol. The summed E-state index contributed by atoms with van der Waals surface area (Å²) in [6, 6.07) is 12.7. The van der Waals surface area contributed by atoms with E-state index >= 15 is 0 Å². The van der Waals surface area contributed by atoms with E-state index in [9.17, 15) is 18.0 Å². The number of amides is 2. The van der Waals surface area contributed by atoms with Gasteiger partial charge >= 0.3 is 0 Å². The maximum atomic E-state index is 12.8. The number of ether oxygens (including phenoxy) is 1. The lowest BCUT2D eigenvalue weighted by Crippen LogP contribution is -2.56. The number of nitrogens with one attached hydrogen (secondary N) is 2. The minimum Gasteiger partial charge on any atom is -0.466 e. The van der Waals surface area contributed by atoms with E-state index in [1.54, 1.807) is 24.3 Å². The average molecular weight is 415 g/mol. The lowest BCUT2D eigenvalue weighted by atomic mass is 10.0. The van der Waals surface area contributed by atoms with Crippen molar-refractivity contribution < 1.29 is 22.7 Å².